The number of thiol groups is 1. The Labute approximate surface area is 32.6 Å². The average molecular weight is 93.1 g/mol. The molecule has 0 aromatic heterocycles. The van der Waals surface area contributed by atoms with Crippen LogP contribution in [0.2, 0.25) is 0 Å². The molecule has 0 spiro atoms. The minimum Gasteiger partial charge on any atom is -0.357 e. The summed E-state index contributed by atoms with van der Waals surface area (Å²) in [5.74, 6) is 0. The van der Waals surface area contributed by atoms with E-state index >= 15 is 0 Å². The van der Waals surface area contributed by atoms with E-state index in [2.05, 4.69) is 4.18 Å². The maximum absolute atomic E-state index is 9.02. The Morgan fingerprint density at radius 3 is 2.40 bits per heavy atom. The van der Waals surface area contributed by atoms with Crippen LogP contribution in [0.1, 0.15) is 0 Å². The minimum absolute atomic E-state index is 0.644. The summed E-state index contributed by atoms with van der Waals surface area (Å²) in [5, 5.41) is 0. The Bertz CT molecular complexity index is 36.2. The normalized spacial score (nSPS) is 6.40. The molecule has 4 heteroatoms. The van der Waals surface area contributed by atoms with Crippen molar-refractivity contribution in [3.8, 4) is 0 Å². The van der Waals surface area contributed by atoms with Crippen molar-refractivity contribution >= 4 is 18.4 Å². The predicted octanol–water partition coefficient (Wildman–Crippen LogP) is -1.07. The maximum atomic E-state index is 9.02. The fourth-order valence-corrected chi connectivity index (χ4v) is 0.0456. The lowest BCUT2D eigenvalue weighted by molar-refractivity contribution is 0.464. The van der Waals surface area contributed by atoms with Gasteiger partial charge in [0, 0.05) is 0 Å². The number of hydrogen-bond acceptors (Lipinski definition) is 3. The van der Waals surface area contributed by atoms with Gasteiger partial charge < -0.3 is 4.18 Å². The second-order valence-corrected chi connectivity index (χ2v) is 0.581. The summed E-state index contributed by atoms with van der Waals surface area (Å²) < 4.78 is 12.5. The topological polar surface area (TPSA) is 43.4 Å². The molecule has 0 heterocycles. The molecular formula is CHO3S. The Morgan fingerprint density at radius 2 is 2.40 bits per heavy atom. The molecule has 0 fully saturated rings. The molecule has 5 heavy (non-hydrogen) atoms. The van der Waals surface area contributed by atoms with Crippen LogP contribution in [0.15, 0.2) is 0 Å². The van der Waals surface area contributed by atoms with Crippen LogP contribution < -0.4 is 0 Å². The van der Waals surface area contributed by atoms with Gasteiger partial charge in [0.1, 0.15) is 0 Å². The van der Waals surface area contributed by atoms with Gasteiger partial charge in [-0.05, 0) is 0 Å². The van der Waals surface area contributed by atoms with Gasteiger partial charge in [-0.1, -0.05) is 0 Å². The van der Waals surface area contributed by atoms with E-state index in [1.165, 1.54) is 0 Å². The molecule has 29 valence electrons. The van der Waals surface area contributed by atoms with Gasteiger partial charge in [-0.25, -0.2) is 9.00 Å². The first-order valence-corrected chi connectivity index (χ1v) is 1.50. The van der Waals surface area contributed by atoms with Gasteiger partial charge in [0.2, 0.25) is 0 Å². The molecule has 1 radical (unpaired) electrons. The van der Waals surface area contributed by atoms with Crippen LogP contribution in [0.25, 0.3) is 0 Å². The Kier molecular flexibility index (Phi) is 3.34. The summed E-state index contributed by atoms with van der Waals surface area (Å²) in [6.45, 7) is 0.943. The van der Waals surface area contributed by atoms with Gasteiger partial charge in [0.25, 0.3) is 0 Å². The highest BCUT2D eigenvalue weighted by atomic mass is 32.2. The van der Waals surface area contributed by atoms with Crippen LogP contribution in [-0.2, 0) is 20.9 Å². The fourth-order valence-electron chi connectivity index (χ4n) is 0.0152. The molecule has 0 aliphatic carbocycles. The van der Waals surface area contributed by atoms with Crippen molar-refractivity contribution in [3.63, 3.8) is 0 Å². The molecule has 0 bridgehead atoms. The maximum Gasteiger partial charge on any atom is 0.432 e. The van der Waals surface area contributed by atoms with E-state index in [0.29, 0.717) is 0 Å². The smallest absolute Gasteiger partial charge is 0.357 e. The molecule has 0 aromatic carbocycles. The third-order valence-corrected chi connectivity index (χ3v) is 0.224. The van der Waals surface area contributed by atoms with Gasteiger partial charge in [-0.3, -0.25) is 0 Å². The number of rotatable bonds is 2. The average Bonchev–Trinajstić information content (AvgIpc) is 1.41. The van der Waals surface area contributed by atoms with Crippen molar-refractivity contribution in [1.82, 2.24) is 0 Å². The molecular weight excluding hydrogens is 92.1 g/mol. The van der Waals surface area contributed by atoms with Gasteiger partial charge in [0.15, 0.2) is 11.9 Å². The fraction of sp³-hybridized carbons (Fsp3) is 0. The molecule has 0 rings (SSSR count). The Balaban J connectivity index is 2.65. The first-order valence-electron chi connectivity index (χ1n) is 0.773. The highest BCUT2D eigenvalue weighted by Gasteiger charge is 1.62. The highest BCUT2D eigenvalue weighted by Crippen LogP contribution is 1.47. The van der Waals surface area contributed by atoms with Gasteiger partial charge >= 0.3 is 6.47 Å². The first-order chi connectivity index (χ1) is 2.41. The summed E-state index contributed by atoms with van der Waals surface area (Å²) in [6, 6.07) is 0. The van der Waals surface area contributed by atoms with Crippen LogP contribution in [0, 0.1) is 0 Å². The second-order valence-electron chi connectivity index (χ2n) is 0.249. The van der Waals surface area contributed by atoms with Crippen LogP contribution in [0.4, 0.5) is 0 Å². The third-order valence-electron chi connectivity index (χ3n) is 0.0745. The van der Waals surface area contributed by atoms with Crippen molar-refractivity contribution in [3.05, 3.63) is 0 Å². The minimum atomic E-state index is -0.644. The lowest BCUT2D eigenvalue weighted by Crippen LogP contribution is -1.71. The highest BCUT2D eigenvalue weighted by molar-refractivity contribution is 7.60. The second kappa shape index (κ2) is 3.62. The van der Waals surface area contributed by atoms with E-state index in [0.717, 1.165) is 6.47 Å². The summed E-state index contributed by atoms with van der Waals surface area (Å²) in [7, 11) is 0. The van der Waals surface area contributed by atoms with E-state index in [1.54, 1.807) is 0 Å². The van der Waals surface area contributed by atoms with Crippen molar-refractivity contribution in [2.45, 2.75) is 0 Å². The summed E-state index contributed by atoms with van der Waals surface area (Å²) in [5.41, 5.74) is 0. The molecule has 3 nitrogen and oxygen atoms in total. The molecule has 0 aromatic rings. The van der Waals surface area contributed by atoms with Crippen molar-refractivity contribution in [2.75, 3.05) is 0 Å². The SMILES string of the molecule is O=[C]O[SH]=O. The van der Waals surface area contributed by atoms with E-state index in [4.69, 9.17) is 9.00 Å². The standard InChI is InChI=1S/CHO3S/c2-1-4-5-3/h5H. The molecule has 0 atom stereocenters. The van der Waals surface area contributed by atoms with Crippen LogP contribution in [0.5, 0.6) is 0 Å². The van der Waals surface area contributed by atoms with Gasteiger partial charge in [-0.2, -0.15) is 0 Å². The predicted molar refractivity (Wildman–Crippen MR) is 16.3 cm³/mol. The molecule has 0 aliphatic rings. The van der Waals surface area contributed by atoms with Gasteiger partial charge in [-0.15, -0.1) is 0 Å². The Morgan fingerprint density at radius 1 is 1.80 bits per heavy atom. The van der Waals surface area contributed by atoms with E-state index in [-0.39, 0.29) is 0 Å². The first kappa shape index (κ1) is 4.62. The summed E-state index contributed by atoms with van der Waals surface area (Å²) in [4.78, 5) is 8.85. The van der Waals surface area contributed by atoms with E-state index in [1.807, 2.05) is 0 Å². The zero-order valence-corrected chi connectivity index (χ0v) is 3.07. The van der Waals surface area contributed by atoms with Crippen molar-refractivity contribution < 1.29 is 13.2 Å². The zero-order chi connectivity index (χ0) is 4.12. The van der Waals surface area contributed by atoms with Crippen LogP contribution >= 0.6 is 0 Å². The largest absolute Gasteiger partial charge is 0.432 e. The zero-order valence-electron chi connectivity index (χ0n) is 2.17. The molecule has 0 saturated heterocycles. The van der Waals surface area contributed by atoms with Crippen molar-refractivity contribution in [1.29, 1.82) is 0 Å². The molecule has 0 aliphatic heterocycles. The molecule has 0 N–H and O–H groups in total. The lowest BCUT2D eigenvalue weighted by Gasteiger charge is -1.63. The van der Waals surface area contributed by atoms with E-state index < -0.39 is 11.9 Å². The van der Waals surface area contributed by atoms with Gasteiger partial charge in [0.05, 0.1) is 0 Å². The quantitative estimate of drug-likeness (QED) is 0.442. The molecule has 0 saturated carbocycles. The number of hydrogen-bond donors (Lipinski definition) is 1. The Hall–Kier alpha value is -0.380. The van der Waals surface area contributed by atoms with Crippen LogP contribution in [0.3, 0.4) is 0 Å². The van der Waals surface area contributed by atoms with Crippen molar-refractivity contribution in [2.24, 2.45) is 0 Å². The monoisotopic (exact) mass is 93.0 g/mol. The summed E-state index contributed by atoms with van der Waals surface area (Å²) in [6.07, 6.45) is 0. The third kappa shape index (κ3) is 3.62. The van der Waals surface area contributed by atoms with E-state index in [9.17, 15) is 0 Å². The number of carbonyl (C=O) groups excluding carboxylic acids is 1. The summed E-state index contributed by atoms with van der Waals surface area (Å²) >= 11 is -0.644. The van der Waals surface area contributed by atoms with Crippen LogP contribution in [-0.4, -0.2) is 10.7 Å². The molecule has 0 amide bonds. The molecule has 0 unspecified atom stereocenters. The lowest BCUT2D eigenvalue weighted by atomic mass is 11.7.